The summed E-state index contributed by atoms with van der Waals surface area (Å²) in [5, 5.41) is 3.95. The second-order valence-corrected chi connectivity index (χ2v) is 4.43. The van der Waals surface area contributed by atoms with Gasteiger partial charge in [-0.15, -0.1) is 0 Å². The van der Waals surface area contributed by atoms with Crippen molar-refractivity contribution in [3.63, 3.8) is 0 Å². The molecule has 1 aliphatic rings. The Labute approximate surface area is 96.0 Å². The third kappa shape index (κ3) is 2.80. The molecule has 1 aromatic heterocycles. The minimum Gasteiger partial charge on any atom is -0.340 e. The molecule has 16 heavy (non-hydrogen) atoms. The van der Waals surface area contributed by atoms with Crippen molar-refractivity contribution < 1.29 is 4.52 Å². The van der Waals surface area contributed by atoms with Crippen LogP contribution in [0.25, 0.3) is 0 Å². The Morgan fingerprint density at radius 2 is 2.38 bits per heavy atom. The van der Waals surface area contributed by atoms with Crippen LogP contribution in [0.5, 0.6) is 0 Å². The van der Waals surface area contributed by atoms with Gasteiger partial charge in [0.25, 0.3) is 0 Å². The van der Waals surface area contributed by atoms with Gasteiger partial charge >= 0.3 is 0 Å². The van der Waals surface area contributed by atoms with Crippen LogP contribution in [-0.4, -0.2) is 34.2 Å². The van der Waals surface area contributed by atoms with Gasteiger partial charge in [-0.25, -0.2) is 0 Å². The summed E-state index contributed by atoms with van der Waals surface area (Å²) in [6.07, 6.45) is 4.88. The van der Waals surface area contributed by atoms with Gasteiger partial charge in [-0.2, -0.15) is 4.98 Å². The lowest BCUT2D eigenvalue weighted by Gasteiger charge is -2.34. The largest absolute Gasteiger partial charge is 0.340 e. The number of nitrogens with two attached hydrogens (primary N) is 1. The molecule has 2 heterocycles. The normalized spacial score (nSPS) is 22.5. The average Bonchev–Trinajstić information content (AvgIpc) is 2.67. The predicted molar refractivity (Wildman–Crippen MR) is 60.8 cm³/mol. The van der Waals surface area contributed by atoms with Gasteiger partial charge in [-0.1, -0.05) is 11.6 Å². The fourth-order valence-corrected chi connectivity index (χ4v) is 2.37. The molecule has 0 bridgehead atoms. The monoisotopic (exact) mass is 224 g/mol. The molecule has 0 radical (unpaired) electrons. The van der Waals surface area contributed by atoms with Crippen molar-refractivity contribution in [2.24, 2.45) is 5.73 Å². The lowest BCUT2D eigenvalue weighted by atomic mass is 9.99. The molecule has 1 unspecified atom stereocenters. The number of rotatable bonds is 4. The van der Waals surface area contributed by atoms with Crippen LogP contribution in [0.15, 0.2) is 4.52 Å². The summed E-state index contributed by atoms with van der Waals surface area (Å²) in [5.41, 5.74) is 5.64. The quantitative estimate of drug-likeness (QED) is 0.829. The molecule has 0 amide bonds. The molecule has 0 aliphatic carbocycles. The van der Waals surface area contributed by atoms with Gasteiger partial charge in [0.15, 0.2) is 5.82 Å². The van der Waals surface area contributed by atoms with E-state index in [1.165, 1.54) is 19.3 Å². The summed E-state index contributed by atoms with van der Waals surface area (Å²) in [6.45, 7) is 4.50. The maximum atomic E-state index is 5.64. The average molecular weight is 224 g/mol. The molecular weight excluding hydrogens is 204 g/mol. The Balaban J connectivity index is 1.95. The number of hydrogen-bond acceptors (Lipinski definition) is 5. The first-order valence-corrected chi connectivity index (χ1v) is 6.03. The van der Waals surface area contributed by atoms with Gasteiger partial charge in [0.1, 0.15) is 0 Å². The van der Waals surface area contributed by atoms with E-state index < -0.39 is 0 Å². The number of aromatic nitrogens is 2. The molecule has 1 fully saturated rings. The van der Waals surface area contributed by atoms with Gasteiger partial charge in [0.05, 0.1) is 6.54 Å². The van der Waals surface area contributed by atoms with Crippen LogP contribution < -0.4 is 5.73 Å². The summed E-state index contributed by atoms with van der Waals surface area (Å²) in [4.78, 5) is 6.68. The highest BCUT2D eigenvalue weighted by atomic mass is 16.5. The van der Waals surface area contributed by atoms with Crippen LogP contribution in [0.1, 0.15) is 37.4 Å². The molecule has 0 saturated carbocycles. The molecular formula is C11H20N4O. The molecule has 2 N–H and O–H groups in total. The second-order valence-electron chi connectivity index (χ2n) is 4.43. The first-order valence-electron chi connectivity index (χ1n) is 6.03. The Morgan fingerprint density at radius 1 is 1.50 bits per heavy atom. The van der Waals surface area contributed by atoms with Gasteiger partial charge in [0, 0.05) is 13.0 Å². The third-order valence-electron chi connectivity index (χ3n) is 3.16. The van der Waals surface area contributed by atoms with Gasteiger partial charge in [-0.05, 0) is 32.4 Å². The maximum absolute atomic E-state index is 5.64. The predicted octanol–water partition coefficient (Wildman–Crippen LogP) is 1.08. The van der Waals surface area contributed by atoms with Crippen molar-refractivity contribution in [3.05, 3.63) is 11.7 Å². The van der Waals surface area contributed by atoms with E-state index in [0.717, 1.165) is 31.9 Å². The van der Waals surface area contributed by atoms with Crippen molar-refractivity contribution >= 4 is 0 Å². The summed E-state index contributed by atoms with van der Waals surface area (Å²) in [5.74, 6) is 1.43. The standard InChI is InChI=1S/C11H20N4O/c1-9-13-11(14-16-9)8-15-7-3-2-4-10(15)5-6-12/h10H,2-8,12H2,1H3. The molecule has 1 aromatic rings. The van der Waals surface area contributed by atoms with E-state index in [0.29, 0.717) is 11.9 Å². The maximum Gasteiger partial charge on any atom is 0.223 e. The molecule has 1 saturated heterocycles. The third-order valence-corrected chi connectivity index (χ3v) is 3.16. The molecule has 2 rings (SSSR count). The summed E-state index contributed by atoms with van der Waals surface area (Å²) in [6, 6.07) is 0.595. The Kier molecular flexibility index (Phi) is 3.90. The number of aryl methyl sites for hydroxylation is 1. The summed E-state index contributed by atoms with van der Waals surface area (Å²) >= 11 is 0. The van der Waals surface area contributed by atoms with E-state index in [1.807, 2.05) is 6.92 Å². The van der Waals surface area contributed by atoms with Crippen LogP contribution in [0.2, 0.25) is 0 Å². The molecule has 1 atom stereocenters. The van der Waals surface area contributed by atoms with E-state index >= 15 is 0 Å². The van der Waals surface area contributed by atoms with E-state index in [2.05, 4.69) is 15.0 Å². The van der Waals surface area contributed by atoms with E-state index in [4.69, 9.17) is 10.3 Å². The van der Waals surface area contributed by atoms with E-state index in [9.17, 15) is 0 Å². The van der Waals surface area contributed by atoms with E-state index in [-0.39, 0.29) is 0 Å². The number of likely N-dealkylation sites (tertiary alicyclic amines) is 1. The minimum atomic E-state index is 0.595. The second kappa shape index (κ2) is 5.41. The topological polar surface area (TPSA) is 68.2 Å². The highest BCUT2D eigenvalue weighted by Crippen LogP contribution is 2.20. The number of piperidine rings is 1. The molecule has 5 heteroatoms. The zero-order chi connectivity index (χ0) is 11.4. The smallest absolute Gasteiger partial charge is 0.223 e. The van der Waals surface area contributed by atoms with Crippen LogP contribution in [0.4, 0.5) is 0 Å². The fraction of sp³-hybridized carbons (Fsp3) is 0.818. The van der Waals surface area contributed by atoms with Crippen LogP contribution in [-0.2, 0) is 6.54 Å². The zero-order valence-electron chi connectivity index (χ0n) is 9.85. The zero-order valence-corrected chi connectivity index (χ0v) is 9.85. The van der Waals surface area contributed by atoms with Crippen molar-refractivity contribution in [2.75, 3.05) is 13.1 Å². The van der Waals surface area contributed by atoms with Gasteiger partial charge in [-0.3, -0.25) is 4.90 Å². The summed E-state index contributed by atoms with van der Waals surface area (Å²) < 4.78 is 4.99. The summed E-state index contributed by atoms with van der Waals surface area (Å²) in [7, 11) is 0. The minimum absolute atomic E-state index is 0.595. The first-order chi connectivity index (χ1) is 7.79. The van der Waals surface area contributed by atoms with Crippen LogP contribution >= 0.6 is 0 Å². The Hall–Kier alpha value is -0.940. The molecule has 1 aliphatic heterocycles. The fourth-order valence-electron chi connectivity index (χ4n) is 2.37. The highest BCUT2D eigenvalue weighted by molar-refractivity contribution is 4.87. The number of nitrogens with zero attached hydrogens (tertiary/aromatic N) is 3. The molecule has 0 aromatic carbocycles. The van der Waals surface area contributed by atoms with Crippen LogP contribution in [0.3, 0.4) is 0 Å². The Morgan fingerprint density at radius 3 is 3.06 bits per heavy atom. The first kappa shape index (κ1) is 11.5. The molecule has 5 nitrogen and oxygen atoms in total. The highest BCUT2D eigenvalue weighted by Gasteiger charge is 2.22. The van der Waals surface area contributed by atoms with Crippen molar-refractivity contribution in [3.8, 4) is 0 Å². The lowest BCUT2D eigenvalue weighted by molar-refractivity contribution is 0.129. The van der Waals surface area contributed by atoms with Gasteiger partial charge in [0.2, 0.25) is 5.89 Å². The van der Waals surface area contributed by atoms with Crippen molar-refractivity contribution in [1.29, 1.82) is 0 Å². The Bertz CT molecular complexity index is 324. The van der Waals surface area contributed by atoms with Gasteiger partial charge < -0.3 is 10.3 Å². The van der Waals surface area contributed by atoms with Crippen molar-refractivity contribution in [1.82, 2.24) is 15.0 Å². The van der Waals surface area contributed by atoms with Crippen LogP contribution in [0, 0.1) is 6.92 Å². The SMILES string of the molecule is Cc1nc(CN2CCCCC2CCN)no1. The lowest BCUT2D eigenvalue weighted by Crippen LogP contribution is -2.40. The number of hydrogen-bond donors (Lipinski definition) is 1. The molecule has 90 valence electrons. The van der Waals surface area contributed by atoms with Crippen molar-refractivity contribution in [2.45, 2.75) is 45.2 Å². The molecule has 0 spiro atoms. The van der Waals surface area contributed by atoms with E-state index in [1.54, 1.807) is 0 Å².